The number of carbonyl (C=O) groups is 2. The monoisotopic (exact) mass is 517 g/mol. The van der Waals surface area contributed by atoms with Crippen LogP contribution in [0.3, 0.4) is 0 Å². The van der Waals surface area contributed by atoms with Crippen molar-refractivity contribution in [3.05, 3.63) is 83.4 Å². The number of carbonyl (C=O) groups excluding carboxylic acids is 2. The van der Waals surface area contributed by atoms with Crippen LogP contribution in [-0.4, -0.2) is 63.9 Å². The lowest BCUT2D eigenvalue weighted by Gasteiger charge is -2.22. The number of nitrogens with one attached hydrogen (secondary N) is 1. The van der Waals surface area contributed by atoms with E-state index < -0.39 is 6.09 Å². The SMILES string of the molecule is COc1ccc(CCC(=O)N(CCN)CCNC(=O)OCC2c3ccccc3-c3ccccc32)cc1OC. The minimum atomic E-state index is -0.502. The van der Waals surface area contributed by atoms with Crippen LogP contribution >= 0.6 is 0 Å². The summed E-state index contributed by atoms with van der Waals surface area (Å²) >= 11 is 0. The minimum Gasteiger partial charge on any atom is -0.493 e. The summed E-state index contributed by atoms with van der Waals surface area (Å²) in [6.07, 6.45) is 0.373. The number of rotatable bonds is 12. The van der Waals surface area contributed by atoms with Crippen molar-refractivity contribution in [3.63, 3.8) is 0 Å². The molecule has 3 aromatic rings. The van der Waals surface area contributed by atoms with Gasteiger partial charge in [-0.1, -0.05) is 54.6 Å². The Kier molecular flexibility index (Phi) is 9.21. The van der Waals surface area contributed by atoms with Gasteiger partial charge in [0.15, 0.2) is 11.5 Å². The van der Waals surface area contributed by atoms with Gasteiger partial charge < -0.3 is 30.2 Å². The molecule has 0 saturated carbocycles. The zero-order chi connectivity index (χ0) is 26.9. The zero-order valence-corrected chi connectivity index (χ0v) is 21.9. The first-order valence-electron chi connectivity index (χ1n) is 12.8. The summed E-state index contributed by atoms with van der Waals surface area (Å²) in [5.41, 5.74) is 11.4. The molecule has 8 nitrogen and oxygen atoms in total. The number of amides is 2. The Morgan fingerprint density at radius 1 is 0.895 bits per heavy atom. The number of ether oxygens (including phenoxy) is 3. The molecule has 1 aliphatic carbocycles. The van der Waals surface area contributed by atoms with Crippen molar-refractivity contribution >= 4 is 12.0 Å². The quantitative estimate of drug-likeness (QED) is 0.377. The first kappa shape index (κ1) is 27.0. The number of hydrogen-bond donors (Lipinski definition) is 2. The number of methoxy groups -OCH3 is 2. The second-order valence-electron chi connectivity index (χ2n) is 9.11. The van der Waals surface area contributed by atoms with E-state index in [9.17, 15) is 9.59 Å². The highest BCUT2D eigenvalue weighted by Crippen LogP contribution is 2.44. The van der Waals surface area contributed by atoms with Gasteiger partial charge in [0.25, 0.3) is 0 Å². The average molecular weight is 518 g/mol. The van der Waals surface area contributed by atoms with E-state index in [1.54, 1.807) is 19.1 Å². The van der Waals surface area contributed by atoms with Crippen LogP contribution in [0.15, 0.2) is 66.7 Å². The summed E-state index contributed by atoms with van der Waals surface area (Å²) in [6, 6.07) is 22.0. The number of benzene rings is 3. The molecule has 0 radical (unpaired) electrons. The maximum absolute atomic E-state index is 12.9. The van der Waals surface area contributed by atoms with Crippen LogP contribution < -0.4 is 20.5 Å². The van der Waals surface area contributed by atoms with E-state index in [1.807, 2.05) is 42.5 Å². The van der Waals surface area contributed by atoms with Crippen molar-refractivity contribution < 1.29 is 23.8 Å². The molecule has 0 bridgehead atoms. The third kappa shape index (κ3) is 6.26. The number of aryl methyl sites for hydroxylation is 1. The second kappa shape index (κ2) is 13.0. The van der Waals surface area contributed by atoms with Gasteiger partial charge in [-0.15, -0.1) is 0 Å². The maximum atomic E-state index is 12.9. The molecule has 4 rings (SSSR count). The summed E-state index contributed by atoms with van der Waals surface area (Å²) in [4.78, 5) is 27.0. The first-order valence-corrected chi connectivity index (χ1v) is 12.8. The standard InChI is InChI=1S/C30H35N3O5/c1-36-27-13-11-21(19-28(27)37-2)12-14-29(34)33(17-15-31)18-16-32-30(35)38-20-26-24-9-5-3-7-22(24)23-8-4-6-10-25(23)26/h3-11,13,19,26H,12,14-18,20,31H2,1-2H3,(H,32,35). The van der Waals surface area contributed by atoms with Crippen molar-refractivity contribution in [2.75, 3.05) is 47.0 Å². The summed E-state index contributed by atoms with van der Waals surface area (Å²) < 4.78 is 16.2. The normalized spacial score (nSPS) is 11.9. The molecular formula is C30H35N3O5. The number of nitrogens with zero attached hydrogens (tertiary/aromatic N) is 1. The highest BCUT2D eigenvalue weighted by Gasteiger charge is 2.29. The Hall–Kier alpha value is -4.04. The molecule has 0 fully saturated rings. The molecule has 2 amide bonds. The molecule has 0 atom stereocenters. The lowest BCUT2D eigenvalue weighted by atomic mass is 9.98. The van der Waals surface area contributed by atoms with Crippen LogP contribution in [0.5, 0.6) is 11.5 Å². The number of fused-ring (bicyclic) bond motifs is 3. The van der Waals surface area contributed by atoms with Gasteiger partial charge in [-0.25, -0.2) is 4.79 Å². The number of nitrogens with two attached hydrogens (primary N) is 1. The summed E-state index contributed by atoms with van der Waals surface area (Å²) in [5, 5.41) is 2.77. The van der Waals surface area contributed by atoms with Crippen LogP contribution in [0, 0.1) is 0 Å². The third-order valence-electron chi connectivity index (χ3n) is 6.82. The van der Waals surface area contributed by atoms with Crippen molar-refractivity contribution in [1.82, 2.24) is 10.2 Å². The molecule has 1 aliphatic rings. The van der Waals surface area contributed by atoms with Crippen LogP contribution in [0.4, 0.5) is 4.79 Å². The van der Waals surface area contributed by atoms with E-state index in [1.165, 1.54) is 11.1 Å². The van der Waals surface area contributed by atoms with Crippen molar-refractivity contribution in [2.24, 2.45) is 5.73 Å². The molecule has 200 valence electrons. The predicted octanol–water partition coefficient (Wildman–Crippen LogP) is 3.96. The Morgan fingerprint density at radius 2 is 1.55 bits per heavy atom. The Bertz CT molecular complexity index is 1220. The number of alkyl carbamates (subject to hydrolysis) is 1. The van der Waals surface area contributed by atoms with Crippen molar-refractivity contribution in [1.29, 1.82) is 0 Å². The summed E-state index contributed by atoms with van der Waals surface area (Å²) in [6.45, 7) is 1.63. The van der Waals surface area contributed by atoms with Crippen molar-refractivity contribution in [3.8, 4) is 22.6 Å². The fourth-order valence-corrected chi connectivity index (χ4v) is 4.90. The second-order valence-corrected chi connectivity index (χ2v) is 9.11. The van der Waals surface area contributed by atoms with E-state index in [4.69, 9.17) is 19.9 Å². The highest BCUT2D eigenvalue weighted by molar-refractivity contribution is 5.79. The largest absolute Gasteiger partial charge is 0.493 e. The Morgan fingerprint density at radius 3 is 2.18 bits per heavy atom. The lowest BCUT2D eigenvalue weighted by molar-refractivity contribution is -0.131. The molecule has 0 saturated heterocycles. The molecule has 3 N–H and O–H groups in total. The molecule has 0 heterocycles. The van der Waals surface area contributed by atoms with Crippen LogP contribution in [0.2, 0.25) is 0 Å². The van der Waals surface area contributed by atoms with Gasteiger partial charge in [0, 0.05) is 38.5 Å². The van der Waals surface area contributed by atoms with E-state index in [2.05, 4.69) is 29.6 Å². The van der Waals surface area contributed by atoms with E-state index in [0.717, 1.165) is 16.7 Å². The summed E-state index contributed by atoms with van der Waals surface area (Å²) in [5.74, 6) is 1.25. The van der Waals surface area contributed by atoms with Gasteiger partial charge in [-0.2, -0.15) is 0 Å². The highest BCUT2D eigenvalue weighted by atomic mass is 16.5. The zero-order valence-electron chi connectivity index (χ0n) is 21.9. The molecule has 0 unspecified atom stereocenters. The fraction of sp³-hybridized carbons (Fsp3) is 0.333. The van der Waals surface area contributed by atoms with Gasteiger partial charge >= 0.3 is 6.09 Å². The molecule has 3 aromatic carbocycles. The molecule has 8 heteroatoms. The number of hydrogen-bond acceptors (Lipinski definition) is 6. The fourth-order valence-electron chi connectivity index (χ4n) is 4.90. The predicted molar refractivity (Wildman–Crippen MR) is 147 cm³/mol. The van der Waals surface area contributed by atoms with Gasteiger partial charge in [-0.05, 0) is 46.4 Å². The van der Waals surface area contributed by atoms with Gasteiger partial charge in [0.1, 0.15) is 6.61 Å². The Labute approximate surface area is 223 Å². The molecule has 0 aromatic heterocycles. The smallest absolute Gasteiger partial charge is 0.407 e. The molecule has 38 heavy (non-hydrogen) atoms. The van der Waals surface area contributed by atoms with Crippen LogP contribution in [-0.2, 0) is 16.0 Å². The van der Waals surface area contributed by atoms with Crippen LogP contribution in [0.25, 0.3) is 11.1 Å². The average Bonchev–Trinajstić information content (AvgIpc) is 3.27. The third-order valence-corrected chi connectivity index (χ3v) is 6.82. The molecule has 0 spiro atoms. The van der Waals surface area contributed by atoms with Gasteiger partial charge in [0.05, 0.1) is 14.2 Å². The van der Waals surface area contributed by atoms with Gasteiger partial charge in [-0.3, -0.25) is 4.79 Å². The summed E-state index contributed by atoms with van der Waals surface area (Å²) in [7, 11) is 3.17. The van der Waals surface area contributed by atoms with E-state index in [0.29, 0.717) is 44.0 Å². The van der Waals surface area contributed by atoms with Crippen LogP contribution in [0.1, 0.15) is 29.0 Å². The maximum Gasteiger partial charge on any atom is 0.407 e. The minimum absolute atomic E-state index is 0.0000419. The van der Waals surface area contributed by atoms with E-state index in [-0.39, 0.29) is 25.0 Å². The van der Waals surface area contributed by atoms with E-state index >= 15 is 0 Å². The Balaban J connectivity index is 1.25. The van der Waals surface area contributed by atoms with Gasteiger partial charge in [0.2, 0.25) is 5.91 Å². The topological polar surface area (TPSA) is 103 Å². The van der Waals surface area contributed by atoms with Crippen molar-refractivity contribution in [2.45, 2.75) is 18.8 Å². The first-order chi connectivity index (χ1) is 18.5. The molecule has 0 aliphatic heterocycles. The molecular weight excluding hydrogens is 482 g/mol. The lowest BCUT2D eigenvalue weighted by Crippen LogP contribution is -2.41.